The van der Waals surface area contributed by atoms with Crippen molar-refractivity contribution >= 4 is 29.2 Å². The molecule has 0 fully saturated rings. The Morgan fingerprint density at radius 2 is 2.11 bits per heavy atom. The van der Waals surface area contributed by atoms with Crippen LogP contribution in [0.5, 0.6) is 0 Å². The van der Waals surface area contributed by atoms with Crippen LogP contribution in [-0.2, 0) is 4.79 Å². The Labute approximate surface area is 112 Å². The molecule has 0 atom stereocenters. The molecule has 2 rings (SSSR count). The van der Waals surface area contributed by atoms with Gasteiger partial charge in [-0.05, 0) is 12.1 Å². The maximum atomic E-state index is 11.6. The van der Waals surface area contributed by atoms with E-state index in [1.54, 1.807) is 24.4 Å². The number of nitrogens with zero attached hydrogens (tertiary/aromatic N) is 2. The average Bonchev–Trinajstić information content (AvgIpc) is 2.89. The summed E-state index contributed by atoms with van der Waals surface area (Å²) in [6, 6.07) is 7.71. The van der Waals surface area contributed by atoms with Gasteiger partial charge < -0.3 is 5.32 Å². The van der Waals surface area contributed by atoms with Crippen LogP contribution in [0.4, 0.5) is 11.5 Å². The molecule has 0 aliphatic carbocycles. The van der Waals surface area contributed by atoms with E-state index in [0.717, 1.165) is 4.90 Å². The second kappa shape index (κ2) is 6.01. The van der Waals surface area contributed by atoms with Gasteiger partial charge in [-0.3, -0.25) is 20.0 Å². The summed E-state index contributed by atoms with van der Waals surface area (Å²) in [6.07, 6.45) is 1.54. The highest BCUT2D eigenvalue weighted by atomic mass is 32.2. The van der Waals surface area contributed by atoms with Crippen LogP contribution in [0.25, 0.3) is 0 Å². The third-order valence-electron chi connectivity index (χ3n) is 2.19. The highest BCUT2D eigenvalue weighted by molar-refractivity contribution is 8.00. The Balaban J connectivity index is 1.84. The minimum absolute atomic E-state index is 0.0336. The van der Waals surface area contributed by atoms with Crippen LogP contribution in [0.2, 0.25) is 0 Å². The van der Waals surface area contributed by atoms with Gasteiger partial charge in [0.05, 0.1) is 16.9 Å². The molecule has 0 aliphatic rings. The van der Waals surface area contributed by atoms with E-state index in [4.69, 9.17) is 0 Å². The van der Waals surface area contributed by atoms with Gasteiger partial charge in [0.15, 0.2) is 0 Å². The van der Waals surface area contributed by atoms with E-state index in [9.17, 15) is 14.9 Å². The number of carbonyl (C=O) groups excluding carboxylic acids is 1. The minimum Gasteiger partial charge on any atom is -0.310 e. The van der Waals surface area contributed by atoms with E-state index in [0.29, 0.717) is 5.82 Å². The monoisotopic (exact) mass is 278 g/mol. The zero-order chi connectivity index (χ0) is 13.7. The van der Waals surface area contributed by atoms with Gasteiger partial charge in [-0.1, -0.05) is 0 Å². The molecule has 7 nitrogen and oxygen atoms in total. The quantitative estimate of drug-likeness (QED) is 0.495. The molecule has 0 spiro atoms. The van der Waals surface area contributed by atoms with E-state index >= 15 is 0 Å². The number of carbonyl (C=O) groups is 1. The molecule has 1 aromatic heterocycles. The van der Waals surface area contributed by atoms with E-state index in [1.807, 2.05) is 0 Å². The maximum Gasteiger partial charge on any atom is 0.269 e. The first-order chi connectivity index (χ1) is 9.15. The van der Waals surface area contributed by atoms with Gasteiger partial charge in [-0.25, -0.2) is 0 Å². The lowest BCUT2D eigenvalue weighted by atomic mass is 10.3. The Morgan fingerprint density at radius 1 is 1.37 bits per heavy atom. The summed E-state index contributed by atoms with van der Waals surface area (Å²) in [4.78, 5) is 22.4. The van der Waals surface area contributed by atoms with Gasteiger partial charge in [0, 0.05) is 23.1 Å². The molecular formula is C11H10N4O3S. The SMILES string of the molecule is O=C(CSc1ccc([N+](=O)[O-])cc1)Nc1ccn[nH]1. The molecule has 8 heteroatoms. The van der Waals surface area contributed by atoms with Crippen LogP contribution in [0, 0.1) is 10.1 Å². The third-order valence-corrected chi connectivity index (χ3v) is 3.20. The van der Waals surface area contributed by atoms with E-state index in [-0.39, 0.29) is 17.3 Å². The highest BCUT2D eigenvalue weighted by Crippen LogP contribution is 2.21. The first kappa shape index (κ1) is 13.1. The van der Waals surface area contributed by atoms with Crippen LogP contribution >= 0.6 is 11.8 Å². The van der Waals surface area contributed by atoms with Gasteiger partial charge >= 0.3 is 0 Å². The summed E-state index contributed by atoms with van der Waals surface area (Å²) in [6.45, 7) is 0. The highest BCUT2D eigenvalue weighted by Gasteiger charge is 2.07. The van der Waals surface area contributed by atoms with Gasteiger partial charge in [0.25, 0.3) is 5.69 Å². The molecule has 1 amide bonds. The van der Waals surface area contributed by atoms with E-state index < -0.39 is 4.92 Å². The van der Waals surface area contributed by atoms with Crippen molar-refractivity contribution in [2.75, 3.05) is 11.1 Å². The van der Waals surface area contributed by atoms with E-state index in [1.165, 1.54) is 23.9 Å². The maximum absolute atomic E-state index is 11.6. The summed E-state index contributed by atoms with van der Waals surface area (Å²) < 4.78 is 0. The smallest absolute Gasteiger partial charge is 0.269 e. The van der Waals surface area contributed by atoms with Crippen LogP contribution in [0.3, 0.4) is 0 Å². The Hall–Kier alpha value is -2.35. The van der Waals surface area contributed by atoms with Crippen molar-refractivity contribution in [2.24, 2.45) is 0 Å². The molecule has 2 aromatic rings. The predicted molar refractivity (Wildman–Crippen MR) is 71.0 cm³/mol. The lowest BCUT2D eigenvalue weighted by Gasteiger charge is -2.02. The largest absolute Gasteiger partial charge is 0.310 e. The number of aromatic nitrogens is 2. The molecule has 0 aliphatic heterocycles. The molecule has 0 saturated heterocycles. The third kappa shape index (κ3) is 3.81. The standard InChI is InChI=1S/C11H10N4O3S/c16-11(13-10-5-6-12-14-10)7-19-9-3-1-8(2-4-9)15(17)18/h1-6H,7H2,(H2,12,13,14,16). The normalized spacial score (nSPS) is 10.1. The Bertz CT molecular complexity index is 568. The fourth-order valence-electron chi connectivity index (χ4n) is 1.32. The van der Waals surface area contributed by atoms with Crippen molar-refractivity contribution in [1.82, 2.24) is 10.2 Å². The number of amides is 1. The average molecular weight is 278 g/mol. The summed E-state index contributed by atoms with van der Waals surface area (Å²) in [5.41, 5.74) is 0.0336. The second-order valence-corrected chi connectivity index (χ2v) is 4.61. The number of nitrogens with one attached hydrogen (secondary N) is 2. The number of hydrogen-bond acceptors (Lipinski definition) is 5. The first-order valence-corrected chi connectivity index (χ1v) is 6.30. The summed E-state index contributed by atoms with van der Waals surface area (Å²) in [5.74, 6) is 0.582. The number of H-pyrrole nitrogens is 1. The molecule has 0 saturated carbocycles. The predicted octanol–water partition coefficient (Wildman–Crippen LogP) is 2.05. The van der Waals surface area contributed by atoms with Crippen LogP contribution in [-0.4, -0.2) is 26.8 Å². The number of anilines is 1. The van der Waals surface area contributed by atoms with Crippen molar-refractivity contribution in [3.05, 3.63) is 46.6 Å². The molecule has 1 heterocycles. The summed E-state index contributed by atoms with van der Waals surface area (Å²) in [7, 11) is 0. The number of aromatic amines is 1. The number of nitro groups is 1. The number of rotatable bonds is 5. The number of thioether (sulfide) groups is 1. The Morgan fingerprint density at radius 3 is 2.68 bits per heavy atom. The summed E-state index contributed by atoms with van der Waals surface area (Å²) in [5, 5.41) is 19.4. The van der Waals surface area contributed by atoms with Gasteiger partial charge in [-0.2, -0.15) is 5.10 Å². The fraction of sp³-hybridized carbons (Fsp3) is 0.0909. The van der Waals surface area contributed by atoms with Crippen molar-refractivity contribution in [1.29, 1.82) is 0 Å². The van der Waals surface area contributed by atoms with Gasteiger partial charge in [0.2, 0.25) is 5.91 Å². The lowest BCUT2D eigenvalue weighted by molar-refractivity contribution is -0.384. The number of non-ortho nitro benzene ring substituents is 1. The minimum atomic E-state index is -0.459. The molecular weight excluding hydrogens is 268 g/mol. The van der Waals surface area contributed by atoms with Gasteiger partial charge in [0.1, 0.15) is 5.82 Å². The summed E-state index contributed by atoms with van der Waals surface area (Å²) >= 11 is 1.30. The van der Waals surface area contributed by atoms with Crippen LogP contribution < -0.4 is 5.32 Å². The molecule has 0 radical (unpaired) electrons. The van der Waals surface area contributed by atoms with E-state index in [2.05, 4.69) is 15.5 Å². The van der Waals surface area contributed by atoms with Crippen molar-refractivity contribution in [3.8, 4) is 0 Å². The molecule has 19 heavy (non-hydrogen) atoms. The topological polar surface area (TPSA) is 101 Å². The van der Waals surface area contributed by atoms with Crippen molar-refractivity contribution in [3.63, 3.8) is 0 Å². The number of benzene rings is 1. The van der Waals surface area contributed by atoms with Crippen LogP contribution in [0.15, 0.2) is 41.4 Å². The van der Waals surface area contributed by atoms with Crippen molar-refractivity contribution < 1.29 is 9.72 Å². The number of nitro benzene ring substituents is 1. The molecule has 1 aromatic carbocycles. The second-order valence-electron chi connectivity index (χ2n) is 3.56. The van der Waals surface area contributed by atoms with Gasteiger partial charge in [-0.15, -0.1) is 11.8 Å². The molecule has 98 valence electrons. The van der Waals surface area contributed by atoms with Crippen LogP contribution in [0.1, 0.15) is 0 Å². The zero-order valence-electron chi connectivity index (χ0n) is 9.70. The molecule has 2 N–H and O–H groups in total. The zero-order valence-corrected chi connectivity index (χ0v) is 10.5. The first-order valence-electron chi connectivity index (χ1n) is 5.31. The lowest BCUT2D eigenvalue weighted by Crippen LogP contribution is -2.14. The Kier molecular flexibility index (Phi) is 4.14. The fourth-order valence-corrected chi connectivity index (χ4v) is 2.02. The molecule has 0 unspecified atom stereocenters. The molecule has 0 bridgehead atoms. The van der Waals surface area contributed by atoms with Crippen molar-refractivity contribution in [2.45, 2.75) is 4.90 Å². The number of hydrogen-bond donors (Lipinski definition) is 2.